The third kappa shape index (κ3) is 2.61. The standard InChI is InChI=1S/C14H16N2O/c1-2-3-4-5-10-16-13-8-9-15-11-12(13)6-7-14(16)17/h3-4,6-9,11H,2,5,10H2,1H3. The lowest BCUT2D eigenvalue weighted by molar-refractivity contribution is 0.707. The smallest absolute Gasteiger partial charge is 0.251 e. The molecule has 0 spiro atoms. The first-order valence-corrected chi connectivity index (χ1v) is 5.91. The molecule has 2 rings (SSSR count). The van der Waals surface area contributed by atoms with E-state index in [1.165, 1.54) is 0 Å². The third-order valence-electron chi connectivity index (χ3n) is 2.71. The fraction of sp³-hybridized carbons (Fsp3) is 0.286. The van der Waals surface area contributed by atoms with E-state index < -0.39 is 0 Å². The number of allylic oxidation sites excluding steroid dienone is 2. The summed E-state index contributed by atoms with van der Waals surface area (Å²) in [5.41, 5.74) is 1.01. The molecule has 0 fully saturated rings. The van der Waals surface area contributed by atoms with Gasteiger partial charge in [0.25, 0.3) is 5.56 Å². The van der Waals surface area contributed by atoms with Gasteiger partial charge in [0.05, 0.1) is 5.52 Å². The quantitative estimate of drug-likeness (QED) is 0.754. The number of nitrogens with zero attached hydrogens (tertiary/aromatic N) is 2. The minimum absolute atomic E-state index is 0.0496. The Bertz CT molecular complexity index is 584. The number of hydrogen-bond acceptors (Lipinski definition) is 2. The first-order chi connectivity index (χ1) is 8.33. The van der Waals surface area contributed by atoms with E-state index in [1.807, 2.05) is 12.1 Å². The second kappa shape index (κ2) is 5.43. The molecule has 3 nitrogen and oxygen atoms in total. The molecular formula is C14H16N2O. The Morgan fingerprint density at radius 3 is 3.00 bits per heavy atom. The highest BCUT2D eigenvalue weighted by Crippen LogP contribution is 2.09. The number of fused-ring (bicyclic) bond motifs is 1. The van der Waals surface area contributed by atoms with Gasteiger partial charge in [0, 0.05) is 30.4 Å². The van der Waals surface area contributed by atoms with Crippen molar-refractivity contribution in [2.45, 2.75) is 26.3 Å². The highest BCUT2D eigenvalue weighted by molar-refractivity contribution is 5.77. The van der Waals surface area contributed by atoms with Crippen molar-refractivity contribution in [3.63, 3.8) is 0 Å². The topological polar surface area (TPSA) is 34.9 Å². The zero-order chi connectivity index (χ0) is 12.1. The Labute approximate surface area is 100 Å². The fourth-order valence-corrected chi connectivity index (χ4v) is 1.86. The van der Waals surface area contributed by atoms with E-state index in [4.69, 9.17) is 0 Å². The minimum Gasteiger partial charge on any atom is -0.308 e. The summed E-state index contributed by atoms with van der Waals surface area (Å²) in [6, 6.07) is 5.32. The molecule has 2 aromatic rings. The summed E-state index contributed by atoms with van der Waals surface area (Å²) in [6.07, 6.45) is 9.67. The predicted molar refractivity (Wildman–Crippen MR) is 70.1 cm³/mol. The van der Waals surface area contributed by atoms with Crippen molar-refractivity contribution in [2.75, 3.05) is 0 Å². The highest BCUT2D eigenvalue weighted by Gasteiger charge is 2.01. The predicted octanol–water partition coefficient (Wildman–Crippen LogP) is 2.75. The van der Waals surface area contributed by atoms with Gasteiger partial charge in [-0.15, -0.1) is 0 Å². The second-order valence-corrected chi connectivity index (χ2v) is 3.93. The lowest BCUT2D eigenvalue weighted by Gasteiger charge is -2.07. The fourth-order valence-electron chi connectivity index (χ4n) is 1.86. The van der Waals surface area contributed by atoms with E-state index in [0.717, 1.165) is 30.3 Å². The van der Waals surface area contributed by atoms with Gasteiger partial charge in [0.2, 0.25) is 0 Å². The first kappa shape index (κ1) is 11.6. The molecular weight excluding hydrogens is 212 g/mol. The van der Waals surface area contributed by atoms with Gasteiger partial charge in [-0.2, -0.15) is 0 Å². The number of aromatic nitrogens is 2. The van der Waals surface area contributed by atoms with Gasteiger partial charge in [-0.05, 0) is 25.0 Å². The molecule has 0 aromatic carbocycles. The molecule has 0 aliphatic rings. The van der Waals surface area contributed by atoms with Gasteiger partial charge in [0.1, 0.15) is 0 Å². The number of hydrogen-bond donors (Lipinski definition) is 0. The van der Waals surface area contributed by atoms with Gasteiger partial charge >= 0.3 is 0 Å². The van der Waals surface area contributed by atoms with Crippen molar-refractivity contribution in [2.24, 2.45) is 0 Å². The molecule has 0 saturated carbocycles. The van der Waals surface area contributed by atoms with Crippen molar-refractivity contribution < 1.29 is 0 Å². The van der Waals surface area contributed by atoms with Gasteiger partial charge < -0.3 is 4.57 Å². The van der Waals surface area contributed by atoms with E-state index in [2.05, 4.69) is 24.1 Å². The van der Waals surface area contributed by atoms with Crippen LogP contribution in [0.2, 0.25) is 0 Å². The van der Waals surface area contributed by atoms with Crippen molar-refractivity contribution in [3.05, 3.63) is 53.1 Å². The molecule has 0 amide bonds. The van der Waals surface area contributed by atoms with Crippen LogP contribution in [-0.2, 0) is 6.54 Å². The van der Waals surface area contributed by atoms with Crippen LogP contribution in [0.3, 0.4) is 0 Å². The molecule has 88 valence electrons. The number of pyridine rings is 2. The molecule has 0 unspecified atom stereocenters. The summed E-state index contributed by atoms with van der Waals surface area (Å²) in [4.78, 5) is 15.9. The van der Waals surface area contributed by atoms with Crippen LogP contribution in [0.5, 0.6) is 0 Å². The Kier molecular flexibility index (Phi) is 3.70. The molecule has 2 heterocycles. The van der Waals surface area contributed by atoms with Crippen LogP contribution in [0.25, 0.3) is 10.9 Å². The zero-order valence-electron chi connectivity index (χ0n) is 9.97. The molecule has 0 radical (unpaired) electrons. The number of rotatable bonds is 4. The maximum atomic E-state index is 11.8. The van der Waals surface area contributed by atoms with Crippen LogP contribution in [0.1, 0.15) is 19.8 Å². The lowest BCUT2D eigenvalue weighted by atomic mass is 10.2. The molecule has 0 aliphatic heterocycles. The second-order valence-electron chi connectivity index (χ2n) is 3.93. The molecule has 0 bridgehead atoms. The van der Waals surface area contributed by atoms with Crippen molar-refractivity contribution in [3.8, 4) is 0 Å². The van der Waals surface area contributed by atoms with Crippen molar-refractivity contribution in [1.29, 1.82) is 0 Å². The summed E-state index contributed by atoms with van der Waals surface area (Å²) < 4.78 is 1.80. The summed E-state index contributed by atoms with van der Waals surface area (Å²) in [6.45, 7) is 2.82. The zero-order valence-corrected chi connectivity index (χ0v) is 9.97. The minimum atomic E-state index is 0.0496. The molecule has 0 atom stereocenters. The maximum absolute atomic E-state index is 11.8. The van der Waals surface area contributed by atoms with E-state index in [9.17, 15) is 4.79 Å². The number of aryl methyl sites for hydroxylation is 1. The van der Waals surface area contributed by atoms with Crippen molar-refractivity contribution in [1.82, 2.24) is 9.55 Å². The Morgan fingerprint density at radius 1 is 1.29 bits per heavy atom. The average Bonchev–Trinajstić information content (AvgIpc) is 2.37. The largest absolute Gasteiger partial charge is 0.308 e. The molecule has 2 aromatic heterocycles. The molecule has 0 N–H and O–H groups in total. The average molecular weight is 228 g/mol. The third-order valence-corrected chi connectivity index (χ3v) is 2.71. The Balaban J connectivity index is 2.34. The van der Waals surface area contributed by atoms with E-state index in [-0.39, 0.29) is 5.56 Å². The van der Waals surface area contributed by atoms with Crippen molar-refractivity contribution >= 4 is 10.9 Å². The lowest BCUT2D eigenvalue weighted by Crippen LogP contribution is -2.19. The Morgan fingerprint density at radius 2 is 2.18 bits per heavy atom. The van der Waals surface area contributed by atoms with Crippen LogP contribution >= 0.6 is 0 Å². The summed E-state index contributed by atoms with van der Waals surface area (Å²) in [5, 5.41) is 1.01. The van der Waals surface area contributed by atoms with Crippen LogP contribution in [-0.4, -0.2) is 9.55 Å². The monoisotopic (exact) mass is 228 g/mol. The first-order valence-electron chi connectivity index (χ1n) is 5.91. The Hall–Kier alpha value is -1.90. The molecule has 0 aliphatic carbocycles. The SMILES string of the molecule is CCC=CCCn1c(=O)ccc2cnccc21. The molecule has 3 heteroatoms. The maximum Gasteiger partial charge on any atom is 0.251 e. The van der Waals surface area contributed by atoms with Crippen LogP contribution in [0, 0.1) is 0 Å². The van der Waals surface area contributed by atoms with Gasteiger partial charge in [-0.25, -0.2) is 0 Å². The summed E-state index contributed by atoms with van der Waals surface area (Å²) >= 11 is 0. The van der Waals surface area contributed by atoms with Crippen LogP contribution in [0.4, 0.5) is 0 Å². The van der Waals surface area contributed by atoms with E-state index >= 15 is 0 Å². The van der Waals surface area contributed by atoms with Crippen LogP contribution < -0.4 is 5.56 Å². The molecule has 17 heavy (non-hydrogen) atoms. The summed E-state index contributed by atoms with van der Waals surface area (Å²) in [7, 11) is 0. The normalized spacial score (nSPS) is 11.4. The van der Waals surface area contributed by atoms with E-state index in [0.29, 0.717) is 0 Å². The molecule has 0 saturated heterocycles. The van der Waals surface area contributed by atoms with Crippen LogP contribution in [0.15, 0.2) is 47.5 Å². The van der Waals surface area contributed by atoms with Gasteiger partial charge in [-0.1, -0.05) is 19.1 Å². The highest BCUT2D eigenvalue weighted by atomic mass is 16.1. The van der Waals surface area contributed by atoms with E-state index in [1.54, 1.807) is 23.0 Å². The van der Waals surface area contributed by atoms with Gasteiger partial charge in [0.15, 0.2) is 0 Å². The summed E-state index contributed by atoms with van der Waals surface area (Å²) in [5.74, 6) is 0. The van der Waals surface area contributed by atoms with Gasteiger partial charge in [-0.3, -0.25) is 9.78 Å².